The predicted molar refractivity (Wildman–Crippen MR) is 85.7 cm³/mol. The Morgan fingerprint density at radius 1 is 0.840 bits per heavy atom. The van der Waals surface area contributed by atoms with Gasteiger partial charge in [-0.3, -0.25) is 0 Å². The van der Waals surface area contributed by atoms with Gasteiger partial charge in [-0.1, -0.05) is 0 Å². The van der Waals surface area contributed by atoms with Crippen LogP contribution in [0.1, 0.15) is 23.7 Å². The summed E-state index contributed by atoms with van der Waals surface area (Å²) in [5.74, 6) is 0. The number of fused-ring (bicyclic) bond motifs is 2. The Kier molecular flexibility index (Phi) is 4.30. The monoisotopic (exact) mass is 476 g/mol. The summed E-state index contributed by atoms with van der Waals surface area (Å²) in [6.45, 7) is 0. The maximum atomic E-state index is 11.1. The van der Waals surface area contributed by atoms with Crippen LogP contribution in [0.2, 0.25) is 0 Å². The van der Waals surface area contributed by atoms with E-state index in [0.717, 1.165) is 0 Å². The van der Waals surface area contributed by atoms with Crippen molar-refractivity contribution in [2.45, 2.75) is 12.6 Å². The van der Waals surface area contributed by atoms with Gasteiger partial charge in [0.25, 0.3) is 0 Å². The number of ether oxygens (including phenoxy) is 1. The second-order valence-electron chi connectivity index (χ2n) is 5.06. The van der Waals surface area contributed by atoms with Crippen molar-refractivity contribution in [3.63, 3.8) is 0 Å². The van der Waals surface area contributed by atoms with Crippen molar-refractivity contribution in [2.75, 3.05) is 0 Å². The molecule has 4 rings (SSSR count). The minimum atomic E-state index is -0.791. The van der Waals surface area contributed by atoms with Crippen LogP contribution in [0.15, 0.2) is 36.4 Å². The summed E-state index contributed by atoms with van der Waals surface area (Å²) in [5, 5.41) is 22.2. The van der Waals surface area contributed by atoms with Gasteiger partial charge in [-0.05, 0) is 0 Å². The van der Waals surface area contributed by atoms with E-state index in [4.69, 9.17) is 12.4 Å². The van der Waals surface area contributed by atoms with Gasteiger partial charge < -0.3 is 0 Å². The zero-order valence-electron chi connectivity index (χ0n) is 12.2. The van der Waals surface area contributed by atoms with Crippen molar-refractivity contribution in [2.24, 2.45) is 0 Å². The van der Waals surface area contributed by atoms with E-state index in [1.165, 1.54) is 12.1 Å². The van der Waals surface area contributed by atoms with Gasteiger partial charge in [0.15, 0.2) is 0 Å². The summed E-state index contributed by atoms with van der Waals surface area (Å²) in [6, 6.07) is 9.46. The Labute approximate surface area is 153 Å². The van der Waals surface area contributed by atoms with Crippen LogP contribution in [-0.4, -0.2) is 40.4 Å². The van der Waals surface area contributed by atoms with Crippen LogP contribution < -0.4 is 8.92 Å². The first-order chi connectivity index (χ1) is 12.1. The zero-order valence-corrected chi connectivity index (χ0v) is 15.6. The Balaban J connectivity index is 1.62. The van der Waals surface area contributed by atoms with Gasteiger partial charge in [-0.2, -0.15) is 0 Å². The number of hydrogen-bond acceptors (Lipinski definition) is 7. The summed E-state index contributed by atoms with van der Waals surface area (Å²) < 4.78 is 18.1. The third-order valence-corrected chi connectivity index (χ3v) is 7.34. The maximum absolute atomic E-state index is 11.1. The third kappa shape index (κ3) is 2.86. The molecule has 2 aromatic rings. The second kappa shape index (κ2) is 6.47. The number of nitrogens with zero attached hydrogens (tertiary/aromatic N) is 2. The SMILES string of the molecule is O=[N+]([O-])c1cccc2c1[Se]OC2OC1O[Se]c2c1cccc2[N+](=O)[O-]. The van der Waals surface area contributed by atoms with Crippen molar-refractivity contribution >= 4 is 50.9 Å². The predicted octanol–water partition coefficient (Wildman–Crippen LogP) is 0.766. The minimum absolute atomic E-state index is 0.0104. The molecule has 2 aromatic carbocycles. The van der Waals surface area contributed by atoms with E-state index in [1.807, 2.05) is 0 Å². The van der Waals surface area contributed by atoms with Crippen LogP contribution in [0.4, 0.5) is 11.4 Å². The number of hydrogen-bond donors (Lipinski definition) is 0. The van der Waals surface area contributed by atoms with E-state index in [2.05, 4.69) is 0 Å². The summed E-state index contributed by atoms with van der Waals surface area (Å²) in [6.07, 6.45) is -1.58. The van der Waals surface area contributed by atoms with Gasteiger partial charge in [0.2, 0.25) is 0 Å². The van der Waals surface area contributed by atoms with E-state index >= 15 is 0 Å². The fraction of sp³-hybridized carbons (Fsp3) is 0.143. The first-order valence-electron chi connectivity index (χ1n) is 6.93. The summed E-state index contributed by atoms with van der Waals surface area (Å²) in [7, 11) is 0. The fourth-order valence-electron chi connectivity index (χ4n) is 2.52. The molecule has 25 heavy (non-hydrogen) atoms. The summed E-state index contributed by atoms with van der Waals surface area (Å²) in [4.78, 5) is 21.3. The van der Waals surface area contributed by atoms with E-state index in [0.29, 0.717) is 20.1 Å². The molecular weight excluding hydrogens is 466 g/mol. The van der Waals surface area contributed by atoms with E-state index in [1.54, 1.807) is 24.3 Å². The Bertz CT molecular complexity index is 820. The number of nitro benzene ring substituents is 2. The van der Waals surface area contributed by atoms with Crippen LogP contribution in [0.3, 0.4) is 0 Å². The quantitative estimate of drug-likeness (QED) is 0.366. The van der Waals surface area contributed by atoms with Gasteiger partial charge in [0.1, 0.15) is 0 Å². The van der Waals surface area contributed by atoms with Crippen molar-refractivity contribution in [3.8, 4) is 0 Å². The first-order valence-corrected chi connectivity index (χ1v) is 10.0. The topological polar surface area (TPSA) is 114 Å². The molecule has 2 aliphatic rings. The molecular formula is C14H8N2O7Se2. The molecule has 0 radical (unpaired) electrons. The van der Waals surface area contributed by atoms with Crippen LogP contribution in [0.5, 0.6) is 0 Å². The number of rotatable bonds is 4. The van der Waals surface area contributed by atoms with E-state index in [9.17, 15) is 20.2 Å². The van der Waals surface area contributed by atoms with E-state index < -0.39 is 53.0 Å². The normalized spacial score (nSPS) is 21.0. The number of nitro groups is 2. The molecule has 0 bridgehead atoms. The van der Waals surface area contributed by atoms with Crippen LogP contribution >= 0.6 is 0 Å². The molecule has 2 unspecified atom stereocenters. The van der Waals surface area contributed by atoms with Gasteiger partial charge in [0, 0.05) is 0 Å². The Morgan fingerprint density at radius 2 is 1.28 bits per heavy atom. The van der Waals surface area contributed by atoms with Gasteiger partial charge >= 0.3 is 153 Å². The first kappa shape index (κ1) is 16.6. The molecule has 0 aliphatic carbocycles. The standard InChI is InChI=1S/C14H8N2O7Se2/c17-15(18)9-5-1-3-7-11(9)24-22-13(7)21-14-8-4-2-6-10(16(19)20)12(8)25-23-14/h1-6,13-14H. The molecule has 0 spiro atoms. The van der Waals surface area contributed by atoms with Gasteiger partial charge in [0.05, 0.1) is 0 Å². The molecule has 0 aromatic heterocycles. The molecule has 2 aliphatic heterocycles. The van der Waals surface area contributed by atoms with Crippen molar-refractivity contribution in [1.82, 2.24) is 0 Å². The Morgan fingerprint density at radius 3 is 1.68 bits per heavy atom. The summed E-state index contributed by atoms with van der Waals surface area (Å²) in [5.41, 5.74) is 1.22. The average molecular weight is 474 g/mol. The average Bonchev–Trinajstić information content (AvgIpc) is 3.19. The van der Waals surface area contributed by atoms with Crippen molar-refractivity contribution < 1.29 is 22.2 Å². The fourth-order valence-corrected chi connectivity index (χ4v) is 5.96. The van der Waals surface area contributed by atoms with Crippen LogP contribution in [-0.2, 0) is 12.4 Å². The van der Waals surface area contributed by atoms with Crippen LogP contribution in [0, 0.1) is 20.2 Å². The van der Waals surface area contributed by atoms with Crippen molar-refractivity contribution in [1.29, 1.82) is 0 Å². The van der Waals surface area contributed by atoms with Crippen molar-refractivity contribution in [3.05, 3.63) is 67.8 Å². The molecule has 9 nitrogen and oxygen atoms in total. The third-order valence-electron chi connectivity index (χ3n) is 3.64. The van der Waals surface area contributed by atoms with E-state index in [-0.39, 0.29) is 11.4 Å². The zero-order chi connectivity index (χ0) is 17.6. The molecule has 11 heteroatoms. The molecule has 2 atom stereocenters. The van der Waals surface area contributed by atoms with Crippen LogP contribution in [0.25, 0.3) is 0 Å². The molecule has 0 fully saturated rings. The molecule has 0 amide bonds. The molecule has 0 N–H and O–H groups in total. The Hall–Kier alpha value is -1.84. The number of benzene rings is 2. The molecule has 0 saturated carbocycles. The molecule has 128 valence electrons. The summed E-state index contributed by atoms with van der Waals surface area (Å²) >= 11 is -1.09. The van der Waals surface area contributed by atoms with Gasteiger partial charge in [-0.15, -0.1) is 0 Å². The molecule has 2 heterocycles. The van der Waals surface area contributed by atoms with Gasteiger partial charge in [-0.25, -0.2) is 0 Å². The molecule has 0 saturated heterocycles. The second-order valence-corrected chi connectivity index (χ2v) is 8.28.